The monoisotopic (exact) mass is 351 g/mol. The van der Waals surface area contributed by atoms with Crippen LogP contribution in [0.4, 0.5) is 11.4 Å². The molecule has 2 amide bonds. The molecule has 3 rings (SSSR count). The predicted octanol–water partition coefficient (Wildman–Crippen LogP) is 2.94. The van der Waals surface area contributed by atoms with Crippen molar-refractivity contribution in [2.24, 2.45) is 0 Å². The summed E-state index contributed by atoms with van der Waals surface area (Å²) < 4.78 is 0. The van der Waals surface area contributed by atoms with Crippen molar-refractivity contribution in [3.63, 3.8) is 0 Å². The van der Waals surface area contributed by atoms with E-state index < -0.39 is 0 Å². The van der Waals surface area contributed by atoms with Crippen molar-refractivity contribution in [1.82, 2.24) is 4.90 Å². The third kappa shape index (κ3) is 3.57. The summed E-state index contributed by atoms with van der Waals surface area (Å²) in [5.74, 6) is -0.151. The maximum atomic E-state index is 13.0. The Labute approximate surface area is 154 Å². The first-order valence-electron chi connectivity index (χ1n) is 8.82. The molecule has 0 bridgehead atoms. The van der Waals surface area contributed by atoms with Crippen LogP contribution in [0.15, 0.2) is 48.5 Å². The van der Waals surface area contributed by atoms with Gasteiger partial charge in [0.25, 0.3) is 5.91 Å². The van der Waals surface area contributed by atoms with E-state index in [0.29, 0.717) is 12.1 Å². The van der Waals surface area contributed by atoms with E-state index in [1.54, 1.807) is 15.9 Å². The highest BCUT2D eigenvalue weighted by atomic mass is 16.2. The number of carbonyl (C=O) groups is 2. The van der Waals surface area contributed by atoms with Crippen LogP contribution >= 0.6 is 0 Å². The average Bonchev–Trinajstić information content (AvgIpc) is 2.63. The molecule has 0 aromatic heterocycles. The second-order valence-corrected chi connectivity index (χ2v) is 7.07. The molecule has 0 unspecified atom stereocenters. The van der Waals surface area contributed by atoms with Gasteiger partial charge >= 0.3 is 0 Å². The minimum atomic E-state index is -0.0990. The van der Waals surface area contributed by atoms with E-state index in [9.17, 15) is 9.59 Å². The van der Waals surface area contributed by atoms with Gasteiger partial charge in [0.05, 0.1) is 0 Å². The standard InChI is InChI=1S/C21H25N3O2/c1-15-8-10-18(11-9-15)24-13-16(2)23(14-20(24)25)21(26)17-6-5-7-19(12-17)22(3)4/h5-12,16H,13-14H2,1-4H3/t16-/m1/s1. The fourth-order valence-corrected chi connectivity index (χ4v) is 3.18. The topological polar surface area (TPSA) is 43.9 Å². The first-order valence-corrected chi connectivity index (χ1v) is 8.82. The summed E-state index contributed by atoms with van der Waals surface area (Å²) in [5, 5.41) is 0. The number of hydrogen-bond acceptors (Lipinski definition) is 3. The van der Waals surface area contributed by atoms with Gasteiger partial charge in [-0.25, -0.2) is 0 Å². The Kier molecular flexibility index (Phi) is 4.98. The van der Waals surface area contributed by atoms with Crippen LogP contribution in [0.2, 0.25) is 0 Å². The van der Waals surface area contributed by atoms with Crippen molar-refractivity contribution in [3.05, 3.63) is 59.7 Å². The summed E-state index contributed by atoms with van der Waals surface area (Å²) in [4.78, 5) is 31.0. The van der Waals surface area contributed by atoms with E-state index in [4.69, 9.17) is 0 Å². The van der Waals surface area contributed by atoms with Crippen LogP contribution in [0.3, 0.4) is 0 Å². The highest BCUT2D eigenvalue weighted by Gasteiger charge is 2.33. The fourth-order valence-electron chi connectivity index (χ4n) is 3.18. The first kappa shape index (κ1) is 18.0. The van der Waals surface area contributed by atoms with Crippen molar-refractivity contribution < 1.29 is 9.59 Å². The van der Waals surface area contributed by atoms with Crippen molar-refractivity contribution in [3.8, 4) is 0 Å². The van der Waals surface area contributed by atoms with Crippen LogP contribution in [0.5, 0.6) is 0 Å². The zero-order valence-electron chi connectivity index (χ0n) is 15.8. The molecule has 0 radical (unpaired) electrons. The number of anilines is 2. The van der Waals surface area contributed by atoms with Gasteiger partial charge in [-0.1, -0.05) is 23.8 Å². The predicted molar refractivity (Wildman–Crippen MR) is 105 cm³/mol. The number of nitrogens with zero attached hydrogens (tertiary/aromatic N) is 3. The van der Waals surface area contributed by atoms with Gasteiger partial charge in [0, 0.05) is 43.6 Å². The molecule has 5 heteroatoms. The van der Waals surface area contributed by atoms with Crippen LogP contribution < -0.4 is 9.80 Å². The first-order chi connectivity index (χ1) is 12.4. The van der Waals surface area contributed by atoms with Crippen LogP contribution in [0.25, 0.3) is 0 Å². The Morgan fingerprint density at radius 1 is 1.12 bits per heavy atom. The van der Waals surface area contributed by atoms with Gasteiger partial charge in [0.2, 0.25) is 5.91 Å². The van der Waals surface area contributed by atoms with Gasteiger partial charge in [-0.3, -0.25) is 9.59 Å². The quantitative estimate of drug-likeness (QED) is 0.854. The zero-order chi connectivity index (χ0) is 18.8. The number of carbonyl (C=O) groups excluding carboxylic acids is 2. The SMILES string of the molecule is Cc1ccc(N2C[C@@H](C)N(C(=O)c3cccc(N(C)C)c3)CC2=O)cc1. The smallest absolute Gasteiger partial charge is 0.254 e. The maximum absolute atomic E-state index is 13.0. The van der Waals surface area contributed by atoms with Crippen molar-refractivity contribution >= 4 is 23.2 Å². The lowest BCUT2D eigenvalue weighted by molar-refractivity contribution is -0.121. The van der Waals surface area contributed by atoms with E-state index in [0.717, 1.165) is 16.9 Å². The summed E-state index contributed by atoms with van der Waals surface area (Å²) >= 11 is 0. The van der Waals surface area contributed by atoms with Crippen LogP contribution in [-0.2, 0) is 4.79 Å². The summed E-state index contributed by atoms with van der Waals surface area (Å²) in [6.45, 7) is 4.61. The van der Waals surface area contributed by atoms with Crippen LogP contribution in [-0.4, -0.2) is 49.9 Å². The number of amides is 2. The van der Waals surface area contributed by atoms with Crippen molar-refractivity contribution in [2.75, 3.05) is 37.0 Å². The molecule has 1 heterocycles. The van der Waals surface area contributed by atoms with Crippen molar-refractivity contribution in [2.45, 2.75) is 19.9 Å². The van der Waals surface area contributed by atoms with E-state index in [1.807, 2.05) is 75.3 Å². The molecule has 1 aliphatic heterocycles. The Bertz CT molecular complexity index is 814. The van der Waals surface area contributed by atoms with Gasteiger partial charge in [-0.15, -0.1) is 0 Å². The molecule has 1 aliphatic rings. The molecule has 1 atom stereocenters. The Morgan fingerprint density at radius 2 is 1.81 bits per heavy atom. The van der Waals surface area contributed by atoms with Gasteiger partial charge in [0.15, 0.2) is 0 Å². The molecule has 26 heavy (non-hydrogen) atoms. The molecule has 2 aromatic rings. The third-order valence-corrected chi connectivity index (χ3v) is 4.80. The minimum Gasteiger partial charge on any atom is -0.378 e. The molecule has 1 saturated heterocycles. The van der Waals surface area contributed by atoms with Gasteiger partial charge < -0.3 is 14.7 Å². The highest BCUT2D eigenvalue weighted by molar-refractivity contribution is 6.02. The largest absolute Gasteiger partial charge is 0.378 e. The highest BCUT2D eigenvalue weighted by Crippen LogP contribution is 2.23. The Balaban J connectivity index is 1.79. The summed E-state index contributed by atoms with van der Waals surface area (Å²) in [7, 11) is 3.88. The van der Waals surface area contributed by atoms with E-state index in [-0.39, 0.29) is 24.4 Å². The summed E-state index contributed by atoms with van der Waals surface area (Å²) in [5.41, 5.74) is 3.62. The van der Waals surface area contributed by atoms with Crippen molar-refractivity contribution in [1.29, 1.82) is 0 Å². The lowest BCUT2D eigenvalue weighted by Crippen LogP contribution is -2.57. The van der Waals surface area contributed by atoms with Crippen LogP contribution in [0, 0.1) is 6.92 Å². The average molecular weight is 351 g/mol. The summed E-state index contributed by atoms with van der Waals surface area (Å²) in [6, 6.07) is 15.4. The molecule has 136 valence electrons. The molecule has 0 N–H and O–H groups in total. The zero-order valence-corrected chi connectivity index (χ0v) is 15.8. The molecule has 0 aliphatic carbocycles. The number of hydrogen-bond donors (Lipinski definition) is 0. The lowest BCUT2D eigenvalue weighted by atomic mass is 10.1. The van der Waals surface area contributed by atoms with Gasteiger partial charge in [-0.2, -0.15) is 0 Å². The molecule has 5 nitrogen and oxygen atoms in total. The Hall–Kier alpha value is -2.82. The second kappa shape index (κ2) is 7.20. The van der Waals surface area contributed by atoms with E-state index in [2.05, 4.69) is 0 Å². The summed E-state index contributed by atoms with van der Waals surface area (Å²) in [6.07, 6.45) is 0. The van der Waals surface area contributed by atoms with Gasteiger partial charge in [0.1, 0.15) is 6.54 Å². The fraction of sp³-hybridized carbons (Fsp3) is 0.333. The normalized spacial score (nSPS) is 17.4. The maximum Gasteiger partial charge on any atom is 0.254 e. The third-order valence-electron chi connectivity index (χ3n) is 4.80. The minimum absolute atomic E-state index is 0.0514. The van der Waals surface area contributed by atoms with Gasteiger partial charge in [-0.05, 0) is 44.2 Å². The molecule has 0 saturated carbocycles. The second-order valence-electron chi connectivity index (χ2n) is 7.07. The number of rotatable bonds is 3. The van der Waals surface area contributed by atoms with E-state index >= 15 is 0 Å². The van der Waals surface area contributed by atoms with E-state index in [1.165, 1.54) is 0 Å². The molecule has 1 fully saturated rings. The molecular weight excluding hydrogens is 326 g/mol. The molecule has 2 aromatic carbocycles. The Morgan fingerprint density at radius 3 is 2.46 bits per heavy atom. The number of benzene rings is 2. The number of aryl methyl sites for hydroxylation is 1. The van der Waals surface area contributed by atoms with Crippen LogP contribution in [0.1, 0.15) is 22.8 Å². The lowest BCUT2D eigenvalue weighted by Gasteiger charge is -2.39. The molecular formula is C21H25N3O2. The molecule has 0 spiro atoms. The number of piperazine rings is 1.